The average molecular weight is 246 g/mol. The monoisotopic (exact) mass is 246 g/mol. The number of hydrogen-bond donors (Lipinski definition) is 1. The van der Waals surface area contributed by atoms with Crippen LogP contribution in [0.15, 0.2) is 24.3 Å². The standard InChI is InChI=1S/C16H26N2/c1-12(10-17)15-6-4-14(5-7-15)11-18(3)13(2)16-8-9-16/h4-7,12-13,16H,8-11,17H2,1-3H3. The first-order chi connectivity index (χ1) is 8.61. The van der Waals surface area contributed by atoms with Gasteiger partial charge in [-0.3, -0.25) is 4.90 Å². The fraction of sp³-hybridized carbons (Fsp3) is 0.625. The molecule has 2 rings (SSSR count). The summed E-state index contributed by atoms with van der Waals surface area (Å²) in [6, 6.07) is 9.66. The second-order valence-corrected chi connectivity index (χ2v) is 5.87. The maximum absolute atomic E-state index is 5.69. The summed E-state index contributed by atoms with van der Waals surface area (Å²) in [7, 11) is 2.24. The molecule has 0 heterocycles. The van der Waals surface area contributed by atoms with Gasteiger partial charge in [0, 0.05) is 12.6 Å². The van der Waals surface area contributed by atoms with Crippen LogP contribution >= 0.6 is 0 Å². The van der Waals surface area contributed by atoms with E-state index in [-0.39, 0.29) is 0 Å². The highest BCUT2D eigenvalue weighted by Gasteiger charge is 2.30. The van der Waals surface area contributed by atoms with Gasteiger partial charge in [-0.2, -0.15) is 0 Å². The molecule has 0 amide bonds. The predicted octanol–water partition coefficient (Wildman–Crippen LogP) is 2.98. The Morgan fingerprint density at radius 3 is 2.33 bits per heavy atom. The first-order valence-corrected chi connectivity index (χ1v) is 7.11. The fourth-order valence-corrected chi connectivity index (χ4v) is 2.46. The summed E-state index contributed by atoms with van der Waals surface area (Å²) in [5.41, 5.74) is 8.44. The van der Waals surface area contributed by atoms with Crippen LogP contribution in [0, 0.1) is 5.92 Å². The van der Waals surface area contributed by atoms with E-state index in [1.165, 1.54) is 24.0 Å². The van der Waals surface area contributed by atoms with Crippen molar-refractivity contribution in [3.8, 4) is 0 Å². The van der Waals surface area contributed by atoms with Crippen molar-refractivity contribution in [1.29, 1.82) is 0 Å². The Bertz CT molecular complexity index is 367. The third-order valence-corrected chi connectivity index (χ3v) is 4.33. The Labute approximate surface area is 111 Å². The zero-order chi connectivity index (χ0) is 13.1. The van der Waals surface area contributed by atoms with Crippen LogP contribution in [0.2, 0.25) is 0 Å². The third kappa shape index (κ3) is 3.33. The van der Waals surface area contributed by atoms with E-state index in [0.717, 1.165) is 19.0 Å². The lowest BCUT2D eigenvalue weighted by molar-refractivity contribution is 0.226. The molecule has 1 saturated carbocycles. The van der Waals surface area contributed by atoms with E-state index in [9.17, 15) is 0 Å². The number of nitrogens with two attached hydrogens (primary N) is 1. The molecule has 0 saturated heterocycles. The summed E-state index contributed by atoms with van der Waals surface area (Å²) >= 11 is 0. The summed E-state index contributed by atoms with van der Waals surface area (Å²) in [6.07, 6.45) is 2.83. The zero-order valence-corrected chi connectivity index (χ0v) is 11.9. The molecule has 1 aromatic rings. The van der Waals surface area contributed by atoms with Gasteiger partial charge in [0.1, 0.15) is 0 Å². The van der Waals surface area contributed by atoms with E-state index in [2.05, 4.69) is 50.1 Å². The van der Waals surface area contributed by atoms with Gasteiger partial charge in [0.25, 0.3) is 0 Å². The SMILES string of the molecule is CC(CN)c1ccc(CN(C)C(C)C2CC2)cc1. The predicted molar refractivity (Wildman–Crippen MR) is 77.6 cm³/mol. The van der Waals surface area contributed by atoms with Gasteiger partial charge in [-0.1, -0.05) is 31.2 Å². The summed E-state index contributed by atoms with van der Waals surface area (Å²) in [5, 5.41) is 0. The van der Waals surface area contributed by atoms with Crippen LogP contribution in [0.1, 0.15) is 43.7 Å². The van der Waals surface area contributed by atoms with Crippen LogP contribution in [-0.4, -0.2) is 24.5 Å². The Morgan fingerprint density at radius 1 is 1.22 bits per heavy atom. The van der Waals surface area contributed by atoms with E-state index in [1.807, 2.05) is 0 Å². The van der Waals surface area contributed by atoms with Gasteiger partial charge < -0.3 is 5.73 Å². The van der Waals surface area contributed by atoms with Gasteiger partial charge in [-0.25, -0.2) is 0 Å². The molecular weight excluding hydrogens is 220 g/mol. The first-order valence-electron chi connectivity index (χ1n) is 7.11. The number of hydrogen-bond acceptors (Lipinski definition) is 2. The molecule has 2 unspecified atom stereocenters. The average Bonchev–Trinajstić information content (AvgIpc) is 3.22. The molecular formula is C16H26N2. The van der Waals surface area contributed by atoms with Gasteiger partial charge in [-0.05, 0) is 56.3 Å². The summed E-state index contributed by atoms with van der Waals surface area (Å²) in [4.78, 5) is 2.47. The van der Waals surface area contributed by atoms with Crippen LogP contribution in [-0.2, 0) is 6.54 Å². The Kier molecular flexibility index (Phi) is 4.41. The molecule has 2 N–H and O–H groups in total. The van der Waals surface area contributed by atoms with Crippen molar-refractivity contribution < 1.29 is 0 Å². The number of nitrogens with zero attached hydrogens (tertiary/aromatic N) is 1. The van der Waals surface area contributed by atoms with Crippen molar-refractivity contribution in [2.24, 2.45) is 11.7 Å². The van der Waals surface area contributed by atoms with E-state index in [4.69, 9.17) is 5.73 Å². The first kappa shape index (κ1) is 13.6. The Morgan fingerprint density at radius 2 is 1.83 bits per heavy atom. The molecule has 1 aromatic carbocycles. The van der Waals surface area contributed by atoms with Crippen molar-refractivity contribution in [2.75, 3.05) is 13.6 Å². The lowest BCUT2D eigenvalue weighted by Crippen LogP contribution is -2.30. The summed E-state index contributed by atoms with van der Waals surface area (Å²) < 4.78 is 0. The lowest BCUT2D eigenvalue weighted by atomic mass is 10.00. The molecule has 18 heavy (non-hydrogen) atoms. The minimum atomic E-state index is 0.460. The molecule has 1 fully saturated rings. The topological polar surface area (TPSA) is 29.3 Å². The highest BCUT2D eigenvalue weighted by atomic mass is 15.1. The number of benzene rings is 1. The highest BCUT2D eigenvalue weighted by molar-refractivity contribution is 5.25. The van der Waals surface area contributed by atoms with Crippen molar-refractivity contribution in [1.82, 2.24) is 4.90 Å². The maximum Gasteiger partial charge on any atom is 0.0233 e. The van der Waals surface area contributed by atoms with Crippen molar-refractivity contribution in [3.63, 3.8) is 0 Å². The molecule has 2 atom stereocenters. The molecule has 1 aliphatic rings. The number of rotatable bonds is 6. The lowest BCUT2D eigenvalue weighted by Gasteiger charge is -2.24. The third-order valence-electron chi connectivity index (χ3n) is 4.33. The second kappa shape index (κ2) is 5.85. The minimum absolute atomic E-state index is 0.460. The Balaban J connectivity index is 1.92. The van der Waals surface area contributed by atoms with E-state index < -0.39 is 0 Å². The molecule has 0 radical (unpaired) electrons. The zero-order valence-electron chi connectivity index (χ0n) is 11.9. The highest BCUT2D eigenvalue weighted by Crippen LogP contribution is 2.35. The van der Waals surface area contributed by atoms with Crippen molar-refractivity contribution in [2.45, 2.75) is 45.2 Å². The van der Waals surface area contributed by atoms with Crippen LogP contribution in [0.25, 0.3) is 0 Å². The smallest absolute Gasteiger partial charge is 0.0233 e. The Hall–Kier alpha value is -0.860. The maximum atomic E-state index is 5.69. The van der Waals surface area contributed by atoms with E-state index >= 15 is 0 Å². The second-order valence-electron chi connectivity index (χ2n) is 5.87. The summed E-state index contributed by atoms with van der Waals surface area (Å²) in [6.45, 7) is 6.30. The molecule has 2 heteroatoms. The normalized spacial score (nSPS) is 18.9. The van der Waals surface area contributed by atoms with Crippen molar-refractivity contribution >= 4 is 0 Å². The molecule has 0 aromatic heterocycles. The van der Waals surface area contributed by atoms with Crippen LogP contribution < -0.4 is 5.73 Å². The van der Waals surface area contributed by atoms with Crippen LogP contribution in [0.3, 0.4) is 0 Å². The van der Waals surface area contributed by atoms with Crippen molar-refractivity contribution in [3.05, 3.63) is 35.4 Å². The molecule has 100 valence electrons. The van der Waals surface area contributed by atoms with Gasteiger partial charge in [-0.15, -0.1) is 0 Å². The van der Waals surface area contributed by atoms with E-state index in [1.54, 1.807) is 0 Å². The molecule has 1 aliphatic carbocycles. The van der Waals surface area contributed by atoms with Gasteiger partial charge in [0.2, 0.25) is 0 Å². The van der Waals surface area contributed by atoms with Gasteiger partial charge >= 0.3 is 0 Å². The van der Waals surface area contributed by atoms with Gasteiger partial charge in [0.05, 0.1) is 0 Å². The van der Waals surface area contributed by atoms with Gasteiger partial charge in [0.15, 0.2) is 0 Å². The fourth-order valence-electron chi connectivity index (χ4n) is 2.46. The van der Waals surface area contributed by atoms with Crippen LogP contribution in [0.5, 0.6) is 0 Å². The summed E-state index contributed by atoms with van der Waals surface area (Å²) in [5.74, 6) is 1.40. The molecule has 0 aliphatic heterocycles. The largest absolute Gasteiger partial charge is 0.330 e. The molecule has 0 bridgehead atoms. The molecule has 2 nitrogen and oxygen atoms in total. The molecule has 0 spiro atoms. The van der Waals surface area contributed by atoms with Crippen LogP contribution in [0.4, 0.5) is 0 Å². The van der Waals surface area contributed by atoms with E-state index in [0.29, 0.717) is 12.0 Å². The minimum Gasteiger partial charge on any atom is -0.330 e. The quantitative estimate of drug-likeness (QED) is 0.836.